The van der Waals surface area contributed by atoms with Crippen LogP contribution in [0.5, 0.6) is 0 Å². The summed E-state index contributed by atoms with van der Waals surface area (Å²) in [5.74, 6) is -3.34. The summed E-state index contributed by atoms with van der Waals surface area (Å²) >= 11 is 3.30. The number of imide groups is 2. The van der Waals surface area contributed by atoms with Crippen LogP contribution in [0, 0.1) is 0 Å². The number of hydrogen-bond donors (Lipinski definition) is 0. The molecule has 5 rings (SSSR count). The zero-order valence-corrected chi connectivity index (χ0v) is 22.8. The summed E-state index contributed by atoms with van der Waals surface area (Å²) in [6.45, 7) is -0.451. The van der Waals surface area contributed by atoms with Crippen LogP contribution in [0.1, 0.15) is 71.1 Å². The van der Waals surface area contributed by atoms with Crippen LogP contribution in [0.4, 0.5) is 0 Å². The first-order valence-electron chi connectivity index (χ1n) is 12.7. The number of fused-ring (bicyclic) bond motifs is 2. The van der Waals surface area contributed by atoms with Gasteiger partial charge in [-0.1, -0.05) is 52.3 Å². The summed E-state index contributed by atoms with van der Waals surface area (Å²) in [5, 5.41) is 0. The summed E-state index contributed by atoms with van der Waals surface area (Å²) in [7, 11) is 0. The highest BCUT2D eigenvalue weighted by atomic mass is 79.9. The van der Waals surface area contributed by atoms with E-state index in [1.165, 1.54) is 12.1 Å². The Bertz CT molecular complexity index is 1480. The molecule has 0 N–H and O–H groups in total. The fourth-order valence-corrected chi connectivity index (χ4v) is 5.11. The van der Waals surface area contributed by atoms with Gasteiger partial charge in [0, 0.05) is 16.6 Å². The number of halogens is 1. The Labute approximate surface area is 237 Å². The third kappa shape index (κ3) is 5.10. The molecule has 2 aliphatic heterocycles. The Morgan fingerprint density at radius 3 is 1.73 bits per heavy atom. The van der Waals surface area contributed by atoms with E-state index in [0.717, 1.165) is 14.3 Å². The molecular weight excluding hydrogens is 580 g/mol. The van der Waals surface area contributed by atoms with Crippen LogP contribution in [-0.2, 0) is 9.53 Å². The lowest BCUT2D eigenvalue weighted by Gasteiger charge is -2.25. The maximum Gasteiger partial charge on any atom is 0.329 e. The fourth-order valence-electron chi connectivity index (χ4n) is 4.85. The molecule has 0 radical (unpaired) electrons. The van der Waals surface area contributed by atoms with E-state index >= 15 is 0 Å². The number of carbonyl (C=O) groups is 6. The first kappa shape index (κ1) is 27.1. The SMILES string of the molecule is O=C(COC(=O)C(CCCCN1C(=O)c2ccccc2C1=O)N1C(=O)c2ccccc2C1=O)c1ccc(Br)cc1. The highest BCUT2D eigenvalue weighted by Crippen LogP contribution is 2.28. The Balaban J connectivity index is 1.27. The second kappa shape index (κ2) is 11.4. The van der Waals surface area contributed by atoms with Gasteiger partial charge >= 0.3 is 5.97 Å². The highest BCUT2D eigenvalue weighted by molar-refractivity contribution is 9.10. The average Bonchev–Trinajstić information content (AvgIpc) is 3.36. The van der Waals surface area contributed by atoms with Gasteiger partial charge in [0.15, 0.2) is 12.4 Å². The molecule has 1 unspecified atom stereocenters. The van der Waals surface area contributed by atoms with Gasteiger partial charge in [-0.05, 0) is 55.7 Å². The molecule has 0 aromatic heterocycles. The smallest absolute Gasteiger partial charge is 0.329 e. The molecule has 4 amide bonds. The molecule has 3 aromatic carbocycles. The molecular formula is C30H23BrN2O7. The molecule has 10 heteroatoms. The van der Waals surface area contributed by atoms with Gasteiger partial charge < -0.3 is 4.74 Å². The number of nitrogens with zero attached hydrogens (tertiary/aromatic N) is 2. The third-order valence-corrected chi connectivity index (χ3v) is 7.44. The Morgan fingerprint density at radius 2 is 1.20 bits per heavy atom. The number of rotatable bonds is 10. The lowest BCUT2D eigenvalue weighted by atomic mass is 10.1. The number of carbonyl (C=O) groups excluding carboxylic acids is 6. The van der Waals surface area contributed by atoms with Crippen molar-refractivity contribution in [2.24, 2.45) is 0 Å². The van der Waals surface area contributed by atoms with E-state index in [1.807, 2.05) is 0 Å². The van der Waals surface area contributed by atoms with E-state index < -0.39 is 36.2 Å². The third-order valence-electron chi connectivity index (χ3n) is 6.91. The van der Waals surface area contributed by atoms with Crippen molar-refractivity contribution >= 4 is 51.3 Å². The average molecular weight is 603 g/mol. The number of ether oxygens (including phenoxy) is 1. The normalized spacial score (nSPS) is 14.8. The van der Waals surface area contributed by atoms with E-state index in [4.69, 9.17) is 4.74 Å². The van der Waals surface area contributed by atoms with Crippen molar-refractivity contribution in [2.75, 3.05) is 13.2 Å². The van der Waals surface area contributed by atoms with Gasteiger partial charge in [0.2, 0.25) is 0 Å². The maximum atomic E-state index is 13.2. The van der Waals surface area contributed by atoms with E-state index in [1.54, 1.807) is 60.7 Å². The predicted octanol–water partition coefficient (Wildman–Crippen LogP) is 4.31. The maximum absolute atomic E-state index is 13.2. The number of benzene rings is 3. The van der Waals surface area contributed by atoms with Gasteiger partial charge in [0.1, 0.15) is 6.04 Å². The van der Waals surface area contributed by atoms with Crippen LogP contribution in [-0.4, -0.2) is 64.4 Å². The quantitative estimate of drug-likeness (QED) is 0.147. The summed E-state index contributed by atoms with van der Waals surface area (Å²) in [6.07, 6.45) is 0.650. The fraction of sp³-hybridized carbons (Fsp3) is 0.200. The largest absolute Gasteiger partial charge is 0.456 e. The zero-order valence-electron chi connectivity index (χ0n) is 21.2. The molecule has 0 bridgehead atoms. The minimum Gasteiger partial charge on any atom is -0.456 e. The van der Waals surface area contributed by atoms with E-state index in [9.17, 15) is 28.8 Å². The molecule has 0 fully saturated rings. The lowest BCUT2D eigenvalue weighted by molar-refractivity contribution is -0.147. The minimum atomic E-state index is -1.28. The van der Waals surface area contributed by atoms with Gasteiger partial charge in [-0.25, -0.2) is 4.79 Å². The van der Waals surface area contributed by atoms with Crippen LogP contribution in [0.25, 0.3) is 0 Å². The second-order valence-electron chi connectivity index (χ2n) is 9.38. The van der Waals surface area contributed by atoms with Gasteiger partial charge in [-0.15, -0.1) is 0 Å². The topological polar surface area (TPSA) is 118 Å². The molecule has 202 valence electrons. The monoisotopic (exact) mass is 602 g/mol. The number of hydrogen-bond acceptors (Lipinski definition) is 7. The standard InChI is InChI=1S/C30H23BrN2O7/c31-19-14-12-18(13-15-19)25(34)17-40-30(39)24(33-28(37)22-9-3-4-10-23(22)29(33)38)11-5-6-16-32-26(35)20-7-1-2-8-21(20)27(32)36/h1-4,7-10,12-15,24H,5-6,11,16-17H2. The number of amides is 4. The first-order chi connectivity index (χ1) is 19.3. The number of unbranched alkanes of at least 4 members (excludes halogenated alkanes) is 1. The molecule has 0 saturated carbocycles. The van der Waals surface area contributed by atoms with Gasteiger partial charge in [-0.3, -0.25) is 33.8 Å². The number of Topliss-reactive ketones (excluding diaryl/α,β-unsaturated/α-hetero) is 1. The van der Waals surface area contributed by atoms with Crippen LogP contribution in [0.2, 0.25) is 0 Å². The van der Waals surface area contributed by atoms with Crippen molar-refractivity contribution in [1.29, 1.82) is 0 Å². The van der Waals surface area contributed by atoms with Crippen LogP contribution < -0.4 is 0 Å². The molecule has 2 aliphatic rings. The van der Waals surface area contributed by atoms with Crippen molar-refractivity contribution < 1.29 is 33.5 Å². The Morgan fingerprint density at radius 1 is 0.700 bits per heavy atom. The molecule has 40 heavy (non-hydrogen) atoms. The number of ketones is 1. The van der Waals surface area contributed by atoms with Crippen LogP contribution in [0.15, 0.2) is 77.3 Å². The van der Waals surface area contributed by atoms with E-state index in [-0.39, 0.29) is 35.9 Å². The summed E-state index contributed by atoms with van der Waals surface area (Å²) in [6, 6.07) is 18.1. The molecule has 3 aromatic rings. The molecule has 0 spiro atoms. The predicted molar refractivity (Wildman–Crippen MR) is 146 cm³/mol. The van der Waals surface area contributed by atoms with Crippen molar-refractivity contribution in [3.63, 3.8) is 0 Å². The summed E-state index contributed by atoms with van der Waals surface area (Å²) < 4.78 is 6.09. The molecule has 0 aliphatic carbocycles. The minimum absolute atomic E-state index is 0.0277. The number of esters is 1. The van der Waals surface area contributed by atoms with Crippen LogP contribution in [0.3, 0.4) is 0 Å². The summed E-state index contributed by atoms with van der Waals surface area (Å²) in [4.78, 5) is 79.4. The van der Waals surface area contributed by atoms with Crippen molar-refractivity contribution in [3.8, 4) is 0 Å². The van der Waals surface area contributed by atoms with Crippen molar-refractivity contribution in [3.05, 3.63) is 105 Å². The van der Waals surface area contributed by atoms with Crippen molar-refractivity contribution in [2.45, 2.75) is 25.3 Å². The Hall–Kier alpha value is -4.44. The summed E-state index contributed by atoms with van der Waals surface area (Å²) in [5.41, 5.74) is 1.39. The first-order valence-corrected chi connectivity index (χ1v) is 13.4. The van der Waals surface area contributed by atoms with E-state index in [0.29, 0.717) is 29.5 Å². The Kier molecular flexibility index (Phi) is 7.70. The molecule has 2 heterocycles. The van der Waals surface area contributed by atoms with Gasteiger partial charge in [0.25, 0.3) is 23.6 Å². The highest BCUT2D eigenvalue weighted by Gasteiger charge is 2.43. The molecule has 1 atom stereocenters. The van der Waals surface area contributed by atoms with Gasteiger partial charge in [0.05, 0.1) is 22.3 Å². The lowest BCUT2D eigenvalue weighted by Crippen LogP contribution is -2.46. The van der Waals surface area contributed by atoms with Crippen LogP contribution >= 0.6 is 15.9 Å². The zero-order chi connectivity index (χ0) is 28.4. The second-order valence-corrected chi connectivity index (χ2v) is 10.3. The van der Waals surface area contributed by atoms with Gasteiger partial charge in [-0.2, -0.15) is 0 Å². The molecule has 0 saturated heterocycles. The molecule has 9 nitrogen and oxygen atoms in total. The van der Waals surface area contributed by atoms with E-state index in [2.05, 4.69) is 15.9 Å². The van der Waals surface area contributed by atoms with Crippen molar-refractivity contribution in [1.82, 2.24) is 9.80 Å².